The van der Waals surface area contributed by atoms with Gasteiger partial charge in [-0.15, -0.1) is 0 Å². The number of nitrogens with one attached hydrogen (secondary N) is 1. The number of hydrogen-bond donors (Lipinski definition) is 1. The average molecular weight is 307 g/mol. The Bertz CT molecular complexity index is 489. The van der Waals surface area contributed by atoms with E-state index in [-0.39, 0.29) is 6.04 Å². The standard InChI is InChI=1S/C13H15BrN4/c1-2-17-13(12-3-4-15-9-18-12)6-10-5-11(14)8-16-7-10/h3-5,7-9,13,17H,2,6H2,1H3. The summed E-state index contributed by atoms with van der Waals surface area (Å²) in [7, 11) is 0. The maximum Gasteiger partial charge on any atom is 0.115 e. The molecule has 0 saturated carbocycles. The van der Waals surface area contributed by atoms with E-state index in [1.165, 1.54) is 5.56 Å². The lowest BCUT2D eigenvalue weighted by molar-refractivity contribution is 0.535. The smallest absolute Gasteiger partial charge is 0.115 e. The van der Waals surface area contributed by atoms with Gasteiger partial charge in [0.2, 0.25) is 0 Å². The zero-order chi connectivity index (χ0) is 12.8. The molecule has 5 heteroatoms. The average Bonchev–Trinajstić information content (AvgIpc) is 2.39. The lowest BCUT2D eigenvalue weighted by Crippen LogP contribution is -2.24. The van der Waals surface area contributed by atoms with Crippen molar-refractivity contribution in [3.63, 3.8) is 0 Å². The first-order valence-corrected chi connectivity index (χ1v) is 6.67. The summed E-state index contributed by atoms with van der Waals surface area (Å²) in [6, 6.07) is 4.21. The number of likely N-dealkylation sites (N-methyl/N-ethyl adjacent to an activating group) is 1. The first-order valence-electron chi connectivity index (χ1n) is 5.88. The first-order chi connectivity index (χ1) is 8.79. The van der Waals surface area contributed by atoms with Gasteiger partial charge in [-0.3, -0.25) is 4.98 Å². The van der Waals surface area contributed by atoms with Gasteiger partial charge in [-0.25, -0.2) is 9.97 Å². The Labute approximate surface area is 115 Å². The molecule has 2 rings (SSSR count). The molecule has 1 unspecified atom stereocenters. The van der Waals surface area contributed by atoms with Gasteiger partial charge in [0.15, 0.2) is 0 Å². The zero-order valence-electron chi connectivity index (χ0n) is 10.2. The number of pyridine rings is 1. The van der Waals surface area contributed by atoms with E-state index in [1.807, 2.05) is 12.3 Å². The van der Waals surface area contributed by atoms with E-state index in [1.54, 1.807) is 18.7 Å². The molecule has 0 radical (unpaired) electrons. The number of rotatable bonds is 5. The molecule has 2 aromatic rings. The molecule has 2 aromatic heterocycles. The summed E-state index contributed by atoms with van der Waals surface area (Å²) in [5.41, 5.74) is 2.18. The van der Waals surface area contributed by atoms with Crippen LogP contribution in [0.15, 0.2) is 41.5 Å². The molecule has 1 atom stereocenters. The van der Waals surface area contributed by atoms with Crippen LogP contribution >= 0.6 is 15.9 Å². The van der Waals surface area contributed by atoms with Crippen LogP contribution in [0.5, 0.6) is 0 Å². The van der Waals surface area contributed by atoms with E-state index < -0.39 is 0 Å². The highest BCUT2D eigenvalue weighted by atomic mass is 79.9. The Kier molecular flexibility index (Phi) is 4.78. The first kappa shape index (κ1) is 13.1. The van der Waals surface area contributed by atoms with Crippen molar-refractivity contribution in [3.8, 4) is 0 Å². The molecule has 0 bridgehead atoms. The van der Waals surface area contributed by atoms with E-state index in [0.29, 0.717) is 0 Å². The Morgan fingerprint density at radius 3 is 2.89 bits per heavy atom. The fourth-order valence-electron chi connectivity index (χ4n) is 1.84. The summed E-state index contributed by atoms with van der Waals surface area (Å²) in [4.78, 5) is 12.4. The van der Waals surface area contributed by atoms with Crippen molar-refractivity contribution >= 4 is 15.9 Å². The Morgan fingerprint density at radius 2 is 2.22 bits per heavy atom. The summed E-state index contributed by atoms with van der Waals surface area (Å²) < 4.78 is 0.998. The van der Waals surface area contributed by atoms with Gasteiger partial charge >= 0.3 is 0 Å². The summed E-state index contributed by atoms with van der Waals surface area (Å²) in [5, 5.41) is 3.43. The largest absolute Gasteiger partial charge is 0.309 e. The maximum absolute atomic E-state index is 4.31. The van der Waals surface area contributed by atoms with Crippen LogP contribution in [0.2, 0.25) is 0 Å². The molecule has 4 nitrogen and oxygen atoms in total. The van der Waals surface area contributed by atoms with Gasteiger partial charge in [-0.1, -0.05) is 6.92 Å². The fourth-order valence-corrected chi connectivity index (χ4v) is 2.25. The van der Waals surface area contributed by atoms with Gasteiger partial charge in [0.1, 0.15) is 6.33 Å². The predicted octanol–water partition coefficient (Wildman–Crippen LogP) is 2.53. The molecule has 0 aromatic carbocycles. The Hall–Kier alpha value is -1.33. The van der Waals surface area contributed by atoms with E-state index in [2.05, 4.69) is 49.2 Å². The van der Waals surface area contributed by atoms with E-state index in [9.17, 15) is 0 Å². The third kappa shape index (κ3) is 3.58. The lowest BCUT2D eigenvalue weighted by Gasteiger charge is -2.17. The monoisotopic (exact) mass is 306 g/mol. The molecule has 0 fully saturated rings. The van der Waals surface area contributed by atoms with Gasteiger partial charge in [0.05, 0.1) is 11.7 Å². The van der Waals surface area contributed by atoms with Gasteiger partial charge in [-0.2, -0.15) is 0 Å². The second kappa shape index (κ2) is 6.56. The third-order valence-electron chi connectivity index (χ3n) is 2.61. The normalized spacial score (nSPS) is 12.3. The number of nitrogens with zero attached hydrogens (tertiary/aromatic N) is 3. The minimum atomic E-state index is 0.189. The molecule has 0 saturated heterocycles. The minimum absolute atomic E-state index is 0.189. The zero-order valence-corrected chi connectivity index (χ0v) is 11.8. The summed E-state index contributed by atoms with van der Waals surface area (Å²) in [6.45, 7) is 2.99. The van der Waals surface area contributed by atoms with Crippen molar-refractivity contribution in [1.29, 1.82) is 0 Å². The quantitative estimate of drug-likeness (QED) is 0.922. The summed E-state index contributed by atoms with van der Waals surface area (Å²) in [6.07, 6.45) is 7.88. The van der Waals surface area contributed by atoms with E-state index in [0.717, 1.165) is 23.1 Å². The van der Waals surface area contributed by atoms with Crippen molar-refractivity contribution in [1.82, 2.24) is 20.3 Å². The molecule has 18 heavy (non-hydrogen) atoms. The van der Waals surface area contributed by atoms with Crippen LogP contribution in [0.1, 0.15) is 24.2 Å². The predicted molar refractivity (Wildman–Crippen MR) is 74.1 cm³/mol. The van der Waals surface area contributed by atoms with E-state index in [4.69, 9.17) is 0 Å². The second-order valence-corrected chi connectivity index (χ2v) is 4.88. The fraction of sp³-hybridized carbons (Fsp3) is 0.308. The SMILES string of the molecule is CCNC(Cc1cncc(Br)c1)c1ccncn1. The van der Waals surface area contributed by atoms with Crippen LogP contribution in [-0.4, -0.2) is 21.5 Å². The topological polar surface area (TPSA) is 50.7 Å². The van der Waals surface area contributed by atoms with Crippen molar-refractivity contribution in [2.24, 2.45) is 0 Å². The summed E-state index contributed by atoms with van der Waals surface area (Å²) >= 11 is 3.44. The van der Waals surface area contributed by atoms with Gasteiger partial charge in [0.25, 0.3) is 0 Å². The maximum atomic E-state index is 4.31. The third-order valence-corrected chi connectivity index (χ3v) is 3.05. The van der Waals surface area contributed by atoms with Crippen molar-refractivity contribution in [3.05, 3.63) is 52.8 Å². The van der Waals surface area contributed by atoms with Gasteiger partial charge in [-0.05, 0) is 46.6 Å². The van der Waals surface area contributed by atoms with Crippen LogP contribution in [0.4, 0.5) is 0 Å². The van der Waals surface area contributed by atoms with Crippen LogP contribution < -0.4 is 5.32 Å². The van der Waals surface area contributed by atoms with Crippen LogP contribution in [0.25, 0.3) is 0 Å². The van der Waals surface area contributed by atoms with Crippen molar-refractivity contribution < 1.29 is 0 Å². The van der Waals surface area contributed by atoms with Crippen molar-refractivity contribution in [2.75, 3.05) is 6.54 Å². The number of hydrogen-bond acceptors (Lipinski definition) is 4. The minimum Gasteiger partial charge on any atom is -0.309 e. The van der Waals surface area contributed by atoms with E-state index >= 15 is 0 Å². The van der Waals surface area contributed by atoms with Gasteiger partial charge in [0, 0.05) is 23.1 Å². The Morgan fingerprint density at radius 1 is 1.33 bits per heavy atom. The molecule has 0 aliphatic rings. The van der Waals surface area contributed by atoms with Crippen LogP contribution in [0.3, 0.4) is 0 Å². The van der Waals surface area contributed by atoms with Gasteiger partial charge < -0.3 is 5.32 Å². The highest BCUT2D eigenvalue weighted by Crippen LogP contribution is 2.18. The molecule has 0 aliphatic carbocycles. The summed E-state index contributed by atoms with van der Waals surface area (Å²) in [5.74, 6) is 0. The van der Waals surface area contributed by atoms with Crippen molar-refractivity contribution in [2.45, 2.75) is 19.4 Å². The number of aromatic nitrogens is 3. The highest BCUT2D eigenvalue weighted by molar-refractivity contribution is 9.10. The molecule has 0 spiro atoms. The number of halogens is 1. The molecule has 2 heterocycles. The molecule has 0 amide bonds. The molecule has 94 valence electrons. The Balaban J connectivity index is 2.16. The van der Waals surface area contributed by atoms with Crippen LogP contribution in [0, 0.1) is 0 Å². The lowest BCUT2D eigenvalue weighted by atomic mass is 10.0. The molecule has 0 aliphatic heterocycles. The molecule has 1 N–H and O–H groups in total. The van der Waals surface area contributed by atoms with Crippen LogP contribution in [-0.2, 0) is 6.42 Å². The molecular weight excluding hydrogens is 292 g/mol. The highest BCUT2D eigenvalue weighted by Gasteiger charge is 2.12. The molecular formula is C13H15BrN4. The second-order valence-electron chi connectivity index (χ2n) is 3.96.